The van der Waals surface area contributed by atoms with Crippen LogP contribution in [0.4, 0.5) is 5.69 Å². The molecule has 0 bridgehead atoms. The molecule has 14 heavy (non-hydrogen) atoms. The minimum atomic E-state index is 0.995. The number of aryl methyl sites for hydroxylation is 1. The lowest BCUT2D eigenvalue weighted by Crippen LogP contribution is -2.04. The lowest BCUT2D eigenvalue weighted by Gasteiger charge is -2.05. The first kappa shape index (κ1) is 10.6. The Balaban J connectivity index is 2.47. The van der Waals surface area contributed by atoms with Crippen molar-refractivity contribution in [3.63, 3.8) is 0 Å². The van der Waals surface area contributed by atoms with E-state index in [1.165, 1.54) is 5.56 Å². The molecule has 2 heteroatoms. The number of anilines is 1. The molecule has 0 atom stereocenters. The van der Waals surface area contributed by atoms with E-state index in [2.05, 4.69) is 41.5 Å². The molecule has 0 aliphatic heterocycles. The molecule has 2 N–H and O–H groups in total. The summed E-state index contributed by atoms with van der Waals surface area (Å²) in [6.45, 7) is 3.90. The fourth-order valence-electron chi connectivity index (χ4n) is 1.26. The molecule has 0 aliphatic carbocycles. The van der Waals surface area contributed by atoms with E-state index in [9.17, 15) is 0 Å². The van der Waals surface area contributed by atoms with Crippen molar-refractivity contribution in [1.29, 1.82) is 0 Å². The number of rotatable bonds is 5. The van der Waals surface area contributed by atoms with E-state index in [-0.39, 0.29) is 0 Å². The van der Waals surface area contributed by atoms with Crippen LogP contribution in [0.5, 0.6) is 0 Å². The summed E-state index contributed by atoms with van der Waals surface area (Å²) in [6, 6.07) is 8.48. The summed E-state index contributed by atoms with van der Waals surface area (Å²) in [6.07, 6.45) is 2.04. The van der Waals surface area contributed by atoms with Crippen molar-refractivity contribution in [3.05, 3.63) is 42.1 Å². The van der Waals surface area contributed by atoms with Gasteiger partial charge in [-0.2, -0.15) is 0 Å². The second kappa shape index (κ2) is 5.32. The topological polar surface area (TPSA) is 24.1 Å². The molecule has 0 aromatic heterocycles. The molecule has 76 valence electrons. The van der Waals surface area contributed by atoms with E-state index >= 15 is 0 Å². The highest BCUT2D eigenvalue weighted by Gasteiger charge is 1.95. The largest absolute Gasteiger partial charge is 0.392 e. The molecule has 0 radical (unpaired) electrons. The molecular weight excluding hydrogens is 172 g/mol. The van der Waals surface area contributed by atoms with E-state index in [0.29, 0.717) is 0 Å². The first-order valence-electron chi connectivity index (χ1n) is 4.88. The Bertz CT molecular complexity index is 288. The number of allylic oxidation sites excluding steroid dienone is 1. The fraction of sp³-hybridized carbons (Fsp3) is 0.333. The van der Waals surface area contributed by atoms with Crippen molar-refractivity contribution < 1.29 is 0 Å². The van der Waals surface area contributed by atoms with E-state index in [1.54, 1.807) is 0 Å². The van der Waals surface area contributed by atoms with E-state index in [0.717, 1.165) is 24.2 Å². The van der Waals surface area contributed by atoms with Gasteiger partial charge in [0.2, 0.25) is 0 Å². The Morgan fingerprint density at radius 2 is 1.86 bits per heavy atom. The smallest absolute Gasteiger partial charge is 0.0337 e. The van der Waals surface area contributed by atoms with Crippen molar-refractivity contribution >= 4 is 5.69 Å². The number of benzene rings is 1. The van der Waals surface area contributed by atoms with Gasteiger partial charge in [-0.25, -0.2) is 0 Å². The minimum Gasteiger partial charge on any atom is -0.392 e. The summed E-state index contributed by atoms with van der Waals surface area (Å²) < 4.78 is 0. The third-order valence-electron chi connectivity index (χ3n) is 2.31. The Labute approximate surface area is 86.0 Å². The third-order valence-corrected chi connectivity index (χ3v) is 2.31. The molecule has 1 aromatic carbocycles. The molecular formula is C12H18N2. The van der Waals surface area contributed by atoms with Crippen molar-refractivity contribution in [1.82, 2.24) is 5.32 Å². The molecule has 0 saturated carbocycles. The van der Waals surface area contributed by atoms with Gasteiger partial charge in [-0.1, -0.05) is 18.7 Å². The van der Waals surface area contributed by atoms with Crippen molar-refractivity contribution in [2.75, 3.05) is 19.4 Å². The molecule has 2 nitrogen and oxygen atoms in total. The SMILES string of the molecule is C=C(CCc1ccc(NC)cc1)NC. The lowest BCUT2D eigenvalue weighted by atomic mass is 10.1. The average Bonchev–Trinajstić information content (AvgIpc) is 2.26. The molecule has 0 fully saturated rings. The predicted molar refractivity (Wildman–Crippen MR) is 62.5 cm³/mol. The maximum atomic E-state index is 3.90. The molecule has 1 rings (SSSR count). The van der Waals surface area contributed by atoms with E-state index < -0.39 is 0 Å². The monoisotopic (exact) mass is 190 g/mol. The van der Waals surface area contributed by atoms with Gasteiger partial charge in [0, 0.05) is 25.5 Å². The van der Waals surface area contributed by atoms with Crippen LogP contribution in [0.15, 0.2) is 36.5 Å². The van der Waals surface area contributed by atoms with Gasteiger partial charge >= 0.3 is 0 Å². The van der Waals surface area contributed by atoms with Gasteiger partial charge in [0.1, 0.15) is 0 Å². The predicted octanol–water partition coefficient (Wildman–Crippen LogP) is 2.39. The fourth-order valence-corrected chi connectivity index (χ4v) is 1.26. The van der Waals surface area contributed by atoms with Crippen molar-refractivity contribution in [3.8, 4) is 0 Å². The second-order valence-corrected chi connectivity index (χ2v) is 3.30. The van der Waals surface area contributed by atoms with Crippen LogP contribution in [-0.4, -0.2) is 14.1 Å². The second-order valence-electron chi connectivity index (χ2n) is 3.30. The summed E-state index contributed by atoms with van der Waals surface area (Å²) in [5.41, 5.74) is 3.59. The maximum absolute atomic E-state index is 3.90. The zero-order valence-electron chi connectivity index (χ0n) is 8.93. The van der Waals surface area contributed by atoms with Gasteiger partial charge in [0.25, 0.3) is 0 Å². The van der Waals surface area contributed by atoms with Gasteiger partial charge in [0.05, 0.1) is 0 Å². The summed E-state index contributed by atoms with van der Waals surface area (Å²) >= 11 is 0. The molecule has 0 saturated heterocycles. The Kier molecular flexibility index (Phi) is 4.05. The standard InChI is InChI=1S/C12H18N2/c1-10(13-2)4-5-11-6-8-12(14-3)9-7-11/h6-9,13-14H,1,4-5H2,2-3H3. The molecule has 0 unspecified atom stereocenters. The molecule has 0 spiro atoms. The Morgan fingerprint density at radius 1 is 1.21 bits per heavy atom. The zero-order chi connectivity index (χ0) is 10.4. The van der Waals surface area contributed by atoms with Crippen LogP contribution in [0.2, 0.25) is 0 Å². The first-order valence-corrected chi connectivity index (χ1v) is 4.88. The van der Waals surface area contributed by atoms with Crippen LogP contribution in [0.25, 0.3) is 0 Å². The van der Waals surface area contributed by atoms with Crippen LogP contribution in [0, 0.1) is 0 Å². The van der Waals surface area contributed by atoms with Gasteiger partial charge < -0.3 is 10.6 Å². The van der Waals surface area contributed by atoms with Gasteiger partial charge in [-0.15, -0.1) is 0 Å². The van der Waals surface area contributed by atoms with Gasteiger partial charge in [0.15, 0.2) is 0 Å². The summed E-state index contributed by atoms with van der Waals surface area (Å²) in [4.78, 5) is 0. The maximum Gasteiger partial charge on any atom is 0.0337 e. The average molecular weight is 190 g/mol. The highest BCUT2D eigenvalue weighted by Crippen LogP contribution is 2.11. The Hall–Kier alpha value is -1.44. The highest BCUT2D eigenvalue weighted by atomic mass is 14.8. The first-order chi connectivity index (χ1) is 6.76. The van der Waals surface area contributed by atoms with Crippen LogP contribution >= 0.6 is 0 Å². The van der Waals surface area contributed by atoms with Crippen LogP contribution in [0.1, 0.15) is 12.0 Å². The minimum absolute atomic E-state index is 0.995. The summed E-state index contributed by atoms with van der Waals surface area (Å²) in [7, 11) is 3.84. The normalized spacial score (nSPS) is 9.57. The highest BCUT2D eigenvalue weighted by molar-refractivity contribution is 5.43. The number of nitrogens with one attached hydrogen (secondary N) is 2. The zero-order valence-corrected chi connectivity index (χ0v) is 8.93. The van der Waals surface area contributed by atoms with Gasteiger partial charge in [-0.3, -0.25) is 0 Å². The summed E-state index contributed by atoms with van der Waals surface area (Å²) in [5.74, 6) is 0. The molecule has 0 heterocycles. The third kappa shape index (κ3) is 3.13. The van der Waals surface area contributed by atoms with E-state index in [1.807, 2.05) is 14.1 Å². The molecule has 0 amide bonds. The van der Waals surface area contributed by atoms with E-state index in [4.69, 9.17) is 0 Å². The summed E-state index contributed by atoms with van der Waals surface area (Å²) in [5, 5.41) is 6.15. The van der Waals surface area contributed by atoms with Crippen molar-refractivity contribution in [2.45, 2.75) is 12.8 Å². The van der Waals surface area contributed by atoms with Gasteiger partial charge in [-0.05, 0) is 30.5 Å². The number of hydrogen-bond donors (Lipinski definition) is 2. The molecule has 0 aliphatic rings. The van der Waals surface area contributed by atoms with Crippen molar-refractivity contribution in [2.24, 2.45) is 0 Å². The Morgan fingerprint density at radius 3 is 2.36 bits per heavy atom. The van der Waals surface area contributed by atoms with Crippen LogP contribution in [-0.2, 0) is 6.42 Å². The van der Waals surface area contributed by atoms with Crippen LogP contribution in [0.3, 0.4) is 0 Å². The number of hydrogen-bond acceptors (Lipinski definition) is 2. The molecule has 1 aromatic rings. The van der Waals surface area contributed by atoms with Crippen LogP contribution < -0.4 is 10.6 Å². The quantitative estimate of drug-likeness (QED) is 0.745. The lowest BCUT2D eigenvalue weighted by molar-refractivity contribution is 0.842.